The fourth-order valence-electron chi connectivity index (χ4n) is 7.22. The molecule has 0 radical (unpaired) electrons. The summed E-state index contributed by atoms with van der Waals surface area (Å²) < 4.78 is 38.7. The molecule has 4 bridgehead atoms. The van der Waals surface area contributed by atoms with Gasteiger partial charge in [0, 0.05) is 40.3 Å². The fraction of sp³-hybridized carbons (Fsp3) is 0.692. The Morgan fingerprint density at radius 2 is 0.882 bits per heavy atom. The van der Waals surface area contributed by atoms with Crippen LogP contribution in [0.25, 0.3) is 0 Å². The van der Waals surface area contributed by atoms with Gasteiger partial charge in [0.25, 0.3) is 0 Å². The summed E-state index contributed by atoms with van der Waals surface area (Å²) in [6.45, 7) is 13.5. The second kappa shape index (κ2) is 7.67. The van der Waals surface area contributed by atoms with E-state index in [9.17, 15) is 0 Å². The molecule has 188 valence electrons. The van der Waals surface area contributed by atoms with Gasteiger partial charge in [0.1, 0.15) is 0 Å². The summed E-state index contributed by atoms with van der Waals surface area (Å²) in [5, 5.41) is 0. The van der Waals surface area contributed by atoms with E-state index in [0.717, 1.165) is 11.5 Å². The molecule has 2 saturated carbocycles. The van der Waals surface area contributed by atoms with Crippen LogP contribution in [0.1, 0.15) is 0 Å². The first kappa shape index (κ1) is 24.5. The van der Waals surface area contributed by atoms with Crippen molar-refractivity contribution in [3.8, 4) is 0 Å². The third-order valence-corrected chi connectivity index (χ3v) is 9.78. The summed E-state index contributed by atoms with van der Waals surface area (Å²) in [7, 11) is 3.13. The van der Waals surface area contributed by atoms with Crippen molar-refractivity contribution in [3.63, 3.8) is 0 Å². The van der Waals surface area contributed by atoms with Crippen molar-refractivity contribution in [3.05, 3.63) is 47.0 Å². The Balaban J connectivity index is 1.80. The van der Waals surface area contributed by atoms with E-state index < -0.39 is 28.2 Å². The Bertz CT molecular complexity index is 910. The molecule has 8 heteroatoms. The lowest BCUT2D eigenvalue weighted by Gasteiger charge is -2.41. The Hall–Kier alpha value is -1.17. The molecule has 34 heavy (non-hydrogen) atoms. The average molecular weight is 505 g/mol. The van der Waals surface area contributed by atoms with E-state index in [2.05, 4.69) is 63.6 Å². The van der Waals surface area contributed by atoms with Crippen LogP contribution < -0.4 is 0 Å². The van der Waals surface area contributed by atoms with Crippen LogP contribution in [-0.4, -0.2) is 56.6 Å². The predicted molar refractivity (Wildman–Crippen MR) is 136 cm³/mol. The predicted octanol–water partition coefficient (Wildman–Crippen LogP) is 5.05. The van der Waals surface area contributed by atoms with Crippen molar-refractivity contribution in [2.24, 2.45) is 35.5 Å². The van der Waals surface area contributed by atoms with Crippen LogP contribution in [0.4, 0.5) is 0 Å². The first-order chi connectivity index (χ1) is 15.9. The number of methoxy groups -OCH3 is 4. The molecule has 0 spiro atoms. The van der Waals surface area contributed by atoms with Crippen molar-refractivity contribution in [2.75, 3.05) is 28.4 Å². The van der Waals surface area contributed by atoms with Crippen LogP contribution in [0.3, 0.4) is 0 Å². The zero-order valence-electron chi connectivity index (χ0n) is 22.2. The summed E-state index contributed by atoms with van der Waals surface area (Å²) in [5.74, 6) is 0.717. The van der Waals surface area contributed by atoms with Crippen molar-refractivity contribution >= 4 is 16.6 Å². The van der Waals surface area contributed by atoms with E-state index in [-0.39, 0.29) is 35.5 Å². The van der Waals surface area contributed by atoms with Crippen LogP contribution in [-0.2, 0) is 27.8 Å². The second-order valence-electron chi connectivity index (χ2n) is 12.1. The molecule has 2 fully saturated rings. The fourth-order valence-corrected chi connectivity index (χ4v) is 9.03. The quantitative estimate of drug-likeness (QED) is 0.262. The van der Waals surface area contributed by atoms with Gasteiger partial charge in [0.15, 0.2) is 11.6 Å². The van der Waals surface area contributed by atoms with Gasteiger partial charge in [-0.3, -0.25) is 0 Å². The number of hydrogen-bond donors (Lipinski definition) is 0. The molecule has 6 atom stereocenters. The van der Waals surface area contributed by atoms with Crippen LogP contribution in [0.5, 0.6) is 0 Å². The molecule has 5 rings (SSSR count). The standard InChI is InChI=1S/C26H40O6Si2/c1-27-25(28-2)15-11-12-16(25)20-19(15)23(31-33(5,6)7)21-17-13-14-18(26(17,29-3)30-4)22(21)24(20)32-34(8,9)10/h11-19,22H,1-10H3/t15-,16+,17+,18-,19+,22+/m1/s1. The van der Waals surface area contributed by atoms with E-state index in [1.165, 1.54) is 11.1 Å². The van der Waals surface area contributed by atoms with Gasteiger partial charge in [-0.25, -0.2) is 0 Å². The molecule has 0 N–H and O–H groups in total. The van der Waals surface area contributed by atoms with E-state index in [1.54, 1.807) is 28.4 Å². The molecular weight excluding hydrogens is 464 g/mol. The molecule has 5 aliphatic carbocycles. The highest BCUT2D eigenvalue weighted by Crippen LogP contribution is 2.69. The van der Waals surface area contributed by atoms with Crippen molar-refractivity contribution in [1.29, 1.82) is 0 Å². The van der Waals surface area contributed by atoms with Gasteiger partial charge in [-0.1, -0.05) is 24.3 Å². The van der Waals surface area contributed by atoms with E-state index >= 15 is 0 Å². The third kappa shape index (κ3) is 3.05. The molecule has 0 amide bonds. The first-order valence-corrected chi connectivity index (χ1v) is 19.1. The molecule has 5 aliphatic rings. The van der Waals surface area contributed by atoms with Crippen LogP contribution in [0.2, 0.25) is 39.3 Å². The number of allylic oxidation sites excluding steroid dienone is 2. The highest BCUT2D eigenvalue weighted by molar-refractivity contribution is 6.70. The molecule has 0 aliphatic heterocycles. The largest absolute Gasteiger partial charge is 0.547 e. The summed E-state index contributed by atoms with van der Waals surface area (Å²) >= 11 is 0. The van der Waals surface area contributed by atoms with Crippen LogP contribution in [0, 0.1) is 35.5 Å². The number of hydrogen-bond acceptors (Lipinski definition) is 6. The molecular formula is C26H40O6Si2. The lowest BCUT2D eigenvalue weighted by atomic mass is 9.72. The maximum atomic E-state index is 7.01. The number of rotatable bonds is 8. The number of fused-ring (bicyclic) bond motifs is 10. The maximum Gasteiger partial charge on any atom is 0.241 e. The molecule has 0 aromatic rings. The molecule has 6 nitrogen and oxygen atoms in total. The summed E-state index contributed by atoms with van der Waals surface area (Å²) in [6, 6.07) is 0. The Morgan fingerprint density at radius 3 is 1.15 bits per heavy atom. The van der Waals surface area contributed by atoms with E-state index in [0.29, 0.717) is 0 Å². The second-order valence-corrected chi connectivity index (χ2v) is 20.9. The Morgan fingerprint density at radius 1 is 0.559 bits per heavy atom. The molecule has 0 saturated heterocycles. The van der Waals surface area contributed by atoms with Gasteiger partial charge in [-0.05, 0) is 50.4 Å². The highest BCUT2D eigenvalue weighted by atomic mass is 28.4. The van der Waals surface area contributed by atoms with Gasteiger partial charge in [0.2, 0.25) is 16.6 Å². The zero-order chi connectivity index (χ0) is 24.8. The summed E-state index contributed by atoms with van der Waals surface area (Å²) in [6.07, 6.45) is 9.01. The summed E-state index contributed by atoms with van der Waals surface area (Å²) in [5.41, 5.74) is 2.53. The zero-order valence-corrected chi connectivity index (χ0v) is 24.2. The first-order valence-electron chi connectivity index (χ1n) is 12.3. The van der Waals surface area contributed by atoms with Gasteiger partial charge in [0.05, 0.1) is 35.2 Å². The minimum absolute atomic E-state index is 0.0186. The average Bonchev–Trinajstić information content (AvgIpc) is 3.46. The van der Waals surface area contributed by atoms with Crippen molar-refractivity contribution in [2.45, 2.75) is 50.9 Å². The SMILES string of the molecule is COC1(OC)[C@@H]2C=C[C@H]1C1=C(O[Si](C)(C)C)[C@@H]3C(=C(O[Si](C)(C)C)[C@H]12)[C@@H]1C=C[C@H]3C1(OC)OC. The highest BCUT2D eigenvalue weighted by Gasteiger charge is 2.71. The topological polar surface area (TPSA) is 55.4 Å². The lowest BCUT2D eigenvalue weighted by Crippen LogP contribution is -2.42. The van der Waals surface area contributed by atoms with Gasteiger partial charge < -0.3 is 27.8 Å². The van der Waals surface area contributed by atoms with Gasteiger partial charge in [-0.2, -0.15) is 0 Å². The number of ether oxygens (including phenoxy) is 4. The van der Waals surface area contributed by atoms with Gasteiger partial charge >= 0.3 is 0 Å². The lowest BCUT2D eigenvalue weighted by molar-refractivity contribution is -0.231. The normalized spacial score (nSPS) is 36.4. The molecule has 0 unspecified atom stereocenters. The smallest absolute Gasteiger partial charge is 0.241 e. The van der Waals surface area contributed by atoms with E-state index in [4.69, 9.17) is 27.8 Å². The van der Waals surface area contributed by atoms with Crippen LogP contribution >= 0.6 is 0 Å². The monoisotopic (exact) mass is 504 g/mol. The van der Waals surface area contributed by atoms with Crippen molar-refractivity contribution in [1.82, 2.24) is 0 Å². The molecule has 0 heterocycles. The minimum Gasteiger partial charge on any atom is -0.547 e. The maximum absolute atomic E-state index is 7.01. The third-order valence-electron chi connectivity index (χ3n) is 8.12. The molecule has 0 aromatic heterocycles. The summed E-state index contributed by atoms with van der Waals surface area (Å²) in [4.78, 5) is 0. The van der Waals surface area contributed by atoms with Crippen molar-refractivity contribution < 1.29 is 27.8 Å². The van der Waals surface area contributed by atoms with Gasteiger partial charge in [-0.15, -0.1) is 0 Å². The van der Waals surface area contributed by atoms with Crippen LogP contribution in [0.15, 0.2) is 47.0 Å². The Labute approximate surface area is 206 Å². The van der Waals surface area contributed by atoms with E-state index in [1.807, 2.05) is 0 Å². The Kier molecular flexibility index (Phi) is 5.53. The molecule has 0 aromatic carbocycles. The minimum atomic E-state index is -1.95.